The Labute approximate surface area is 120 Å². The minimum atomic E-state index is -3.93. The van der Waals surface area contributed by atoms with Crippen LogP contribution in [0, 0.1) is 0 Å². The smallest absolute Gasteiger partial charge is 0.411 e. The fourth-order valence-electron chi connectivity index (χ4n) is 1.45. The number of carbonyl (C=O) groups is 1. The average molecular weight is 311 g/mol. The molecule has 1 atom stereocenters. The summed E-state index contributed by atoms with van der Waals surface area (Å²) in [6.45, 7) is 6.91. The first-order chi connectivity index (χ1) is 8.87. The Bertz CT molecular complexity index is 414. The highest BCUT2D eigenvalue weighted by molar-refractivity contribution is 7.86. The van der Waals surface area contributed by atoms with Crippen LogP contribution in [0.3, 0.4) is 0 Å². The van der Waals surface area contributed by atoms with Gasteiger partial charge in [0.2, 0.25) is 0 Å². The first-order valence-electron chi connectivity index (χ1n) is 6.51. The molecule has 1 unspecified atom stereocenters. The van der Waals surface area contributed by atoms with Crippen LogP contribution in [0.15, 0.2) is 0 Å². The fraction of sp³-hybridized carbons (Fsp3) is 0.917. The minimum absolute atomic E-state index is 0.0485. The average Bonchev–Trinajstić information content (AvgIpc) is 2.10. The van der Waals surface area contributed by atoms with Crippen LogP contribution in [0.4, 0.5) is 4.79 Å². The van der Waals surface area contributed by atoms with Crippen molar-refractivity contribution in [3.63, 3.8) is 0 Å². The van der Waals surface area contributed by atoms with Crippen LogP contribution in [0.25, 0.3) is 0 Å². The van der Waals surface area contributed by atoms with Crippen molar-refractivity contribution < 1.29 is 27.2 Å². The van der Waals surface area contributed by atoms with Gasteiger partial charge in [-0.05, 0) is 27.2 Å². The van der Waals surface area contributed by atoms with Gasteiger partial charge in [-0.25, -0.2) is 8.98 Å². The van der Waals surface area contributed by atoms with Crippen LogP contribution in [-0.4, -0.2) is 37.4 Å². The molecule has 1 amide bonds. The first kappa shape index (κ1) is 19.1. The second-order valence-electron chi connectivity index (χ2n) is 5.66. The van der Waals surface area contributed by atoms with Gasteiger partial charge in [-0.2, -0.15) is 8.42 Å². The molecule has 120 valence electrons. The lowest BCUT2D eigenvalue weighted by Gasteiger charge is -2.29. The van der Waals surface area contributed by atoms with Gasteiger partial charge >= 0.3 is 6.09 Å². The summed E-state index contributed by atoms with van der Waals surface area (Å²) in [5, 5.41) is 12.2. The monoisotopic (exact) mass is 311 g/mol. The summed E-state index contributed by atoms with van der Waals surface area (Å²) in [7, 11) is -3.93. The molecule has 0 fully saturated rings. The van der Waals surface area contributed by atoms with Gasteiger partial charge in [0, 0.05) is 6.42 Å². The third-order valence-corrected chi connectivity index (χ3v) is 2.68. The Morgan fingerprint density at radius 2 is 1.80 bits per heavy atom. The lowest BCUT2D eigenvalue weighted by molar-refractivity contribution is -0.160. The molecule has 0 aliphatic carbocycles. The molecule has 0 aromatic rings. The molecule has 0 heterocycles. The third kappa shape index (κ3) is 9.99. The van der Waals surface area contributed by atoms with Gasteiger partial charge in [-0.1, -0.05) is 19.8 Å². The fourth-order valence-corrected chi connectivity index (χ4v) is 2.08. The highest BCUT2D eigenvalue weighted by atomic mass is 32.2. The molecule has 7 nitrogen and oxygen atoms in total. The predicted octanol–water partition coefficient (Wildman–Crippen LogP) is 1.71. The summed E-state index contributed by atoms with van der Waals surface area (Å²) >= 11 is 0. The largest absolute Gasteiger partial charge is 0.444 e. The van der Waals surface area contributed by atoms with E-state index in [2.05, 4.69) is 9.50 Å². The van der Waals surface area contributed by atoms with Gasteiger partial charge < -0.3 is 9.84 Å². The number of hydrogen-bond acceptors (Lipinski definition) is 6. The quantitative estimate of drug-likeness (QED) is 0.421. The predicted molar refractivity (Wildman–Crippen MR) is 74.4 cm³/mol. The summed E-state index contributed by atoms with van der Waals surface area (Å²) in [5.74, 6) is -2.29. The maximum Gasteiger partial charge on any atom is 0.411 e. The number of nitrogens with one attached hydrogen (secondary N) is 1. The molecule has 0 spiro atoms. The normalized spacial score (nSPS) is 15.5. The highest BCUT2D eigenvalue weighted by Gasteiger charge is 2.35. The Kier molecular flexibility index (Phi) is 6.92. The third-order valence-electron chi connectivity index (χ3n) is 2.10. The molecule has 0 radical (unpaired) electrons. The van der Waals surface area contributed by atoms with E-state index >= 15 is 0 Å². The van der Waals surface area contributed by atoms with E-state index < -0.39 is 27.7 Å². The number of carbonyl (C=O) groups excluding carboxylic acids is 1. The number of hydrogen-bond donors (Lipinski definition) is 2. The minimum Gasteiger partial charge on any atom is -0.444 e. The van der Waals surface area contributed by atoms with Gasteiger partial charge in [-0.3, -0.25) is 5.32 Å². The van der Waals surface area contributed by atoms with Crippen molar-refractivity contribution in [3.8, 4) is 0 Å². The van der Waals surface area contributed by atoms with Crippen molar-refractivity contribution >= 4 is 16.2 Å². The first-order valence-corrected chi connectivity index (χ1v) is 8.33. The van der Waals surface area contributed by atoms with Crippen molar-refractivity contribution in [3.05, 3.63) is 0 Å². The van der Waals surface area contributed by atoms with E-state index in [1.165, 1.54) is 0 Å². The van der Waals surface area contributed by atoms with Crippen LogP contribution in [0.2, 0.25) is 0 Å². The molecule has 0 bridgehead atoms. The molecule has 0 aromatic heterocycles. The van der Waals surface area contributed by atoms with Gasteiger partial charge in [0.05, 0.1) is 6.26 Å². The Morgan fingerprint density at radius 3 is 2.20 bits per heavy atom. The van der Waals surface area contributed by atoms with E-state index in [9.17, 15) is 18.3 Å². The van der Waals surface area contributed by atoms with E-state index in [4.69, 9.17) is 4.74 Å². The van der Waals surface area contributed by atoms with Gasteiger partial charge in [0.15, 0.2) is 0 Å². The van der Waals surface area contributed by atoms with E-state index in [1.54, 1.807) is 20.8 Å². The van der Waals surface area contributed by atoms with Gasteiger partial charge in [0.1, 0.15) is 5.60 Å². The number of amides is 1. The molecule has 0 saturated carbocycles. The molecule has 0 saturated heterocycles. The standard InChI is InChI=1S/C12H25NO6S/c1-6-7-8-9-12(15,19-20(5,16)17)13-10(14)18-11(2,3)4/h15H,6-9H2,1-5H3,(H,13,14). The van der Waals surface area contributed by atoms with E-state index in [0.29, 0.717) is 6.42 Å². The number of aliphatic hydroxyl groups is 1. The Hall–Kier alpha value is -0.860. The number of alkyl carbamates (subject to hydrolysis) is 1. The topological polar surface area (TPSA) is 102 Å². The zero-order chi connectivity index (χ0) is 16.0. The Morgan fingerprint density at radius 1 is 1.25 bits per heavy atom. The molecular formula is C12H25NO6S. The van der Waals surface area contributed by atoms with Gasteiger partial charge in [0.25, 0.3) is 16.0 Å². The highest BCUT2D eigenvalue weighted by Crippen LogP contribution is 2.18. The van der Waals surface area contributed by atoms with Crippen LogP contribution in [0.1, 0.15) is 53.4 Å². The summed E-state index contributed by atoms with van der Waals surface area (Å²) < 4.78 is 31.9. The number of unbranched alkanes of at least 4 members (excludes halogenated alkanes) is 2. The second kappa shape index (κ2) is 7.24. The molecule has 20 heavy (non-hydrogen) atoms. The molecule has 0 rings (SSSR count). The lowest BCUT2D eigenvalue weighted by atomic mass is 10.1. The van der Waals surface area contributed by atoms with E-state index in [1.807, 2.05) is 6.92 Å². The van der Waals surface area contributed by atoms with Crippen molar-refractivity contribution in [2.45, 2.75) is 64.9 Å². The van der Waals surface area contributed by atoms with Crippen LogP contribution < -0.4 is 5.32 Å². The summed E-state index contributed by atoms with van der Waals surface area (Å²) in [4.78, 5) is 11.6. The Balaban J connectivity index is 4.80. The second-order valence-corrected chi connectivity index (χ2v) is 7.23. The zero-order valence-corrected chi connectivity index (χ0v) is 13.5. The summed E-state index contributed by atoms with van der Waals surface area (Å²) in [6.07, 6.45) is 1.95. The molecule has 0 aromatic carbocycles. The number of ether oxygens (including phenoxy) is 1. The van der Waals surface area contributed by atoms with Crippen molar-refractivity contribution in [1.29, 1.82) is 0 Å². The molecule has 0 aliphatic heterocycles. The van der Waals surface area contributed by atoms with E-state index in [0.717, 1.165) is 19.1 Å². The summed E-state index contributed by atoms with van der Waals surface area (Å²) in [6, 6.07) is 0. The molecule has 0 aliphatic rings. The van der Waals surface area contributed by atoms with Crippen molar-refractivity contribution in [1.82, 2.24) is 5.32 Å². The molecular weight excluding hydrogens is 286 g/mol. The lowest BCUT2D eigenvalue weighted by Crippen LogP contribution is -2.52. The van der Waals surface area contributed by atoms with E-state index in [-0.39, 0.29) is 6.42 Å². The van der Waals surface area contributed by atoms with Gasteiger partial charge in [-0.15, -0.1) is 0 Å². The van der Waals surface area contributed by atoms with Crippen LogP contribution in [0.5, 0.6) is 0 Å². The summed E-state index contributed by atoms with van der Waals surface area (Å²) in [5.41, 5.74) is -0.764. The zero-order valence-electron chi connectivity index (χ0n) is 12.7. The van der Waals surface area contributed by atoms with Crippen molar-refractivity contribution in [2.24, 2.45) is 0 Å². The van der Waals surface area contributed by atoms with Crippen molar-refractivity contribution in [2.75, 3.05) is 6.26 Å². The van der Waals surface area contributed by atoms with Crippen LogP contribution >= 0.6 is 0 Å². The maximum absolute atomic E-state index is 11.6. The molecule has 2 N–H and O–H groups in total. The maximum atomic E-state index is 11.6. The number of rotatable bonds is 7. The molecule has 8 heteroatoms. The SMILES string of the molecule is CCCCCC(O)(NC(=O)OC(C)(C)C)OS(C)(=O)=O. The van der Waals surface area contributed by atoms with Crippen LogP contribution in [-0.2, 0) is 19.0 Å².